The summed E-state index contributed by atoms with van der Waals surface area (Å²) in [6.07, 6.45) is 0. The van der Waals surface area contributed by atoms with E-state index in [1.165, 1.54) is 58.3 Å². The highest BCUT2D eigenvalue weighted by atomic mass is 32.1. The smallest absolute Gasteiger partial charge is 0.145 e. The van der Waals surface area contributed by atoms with Gasteiger partial charge in [0.25, 0.3) is 0 Å². The first-order chi connectivity index (χ1) is 30.7. The van der Waals surface area contributed by atoms with Crippen molar-refractivity contribution in [2.75, 3.05) is 4.90 Å². The maximum absolute atomic E-state index is 7.04. The van der Waals surface area contributed by atoms with E-state index in [9.17, 15) is 0 Å². The van der Waals surface area contributed by atoms with Crippen molar-refractivity contribution in [3.05, 3.63) is 218 Å². The highest BCUT2D eigenvalue weighted by Crippen LogP contribution is 2.48. The second-order valence-electron chi connectivity index (χ2n) is 16.0. The highest BCUT2D eigenvalue weighted by Gasteiger charge is 2.25. The molecule has 3 nitrogen and oxygen atoms in total. The Kier molecular flexibility index (Phi) is 7.78. The molecule has 10 aromatic carbocycles. The topological polar surface area (TPSA) is 21.3 Å². The fourth-order valence-corrected chi connectivity index (χ4v) is 10.8. The maximum atomic E-state index is 7.04. The number of hydrogen-bond acceptors (Lipinski definition) is 3. The van der Waals surface area contributed by atoms with E-state index in [2.05, 4.69) is 228 Å². The first-order valence-electron chi connectivity index (χ1n) is 21.1. The van der Waals surface area contributed by atoms with E-state index >= 15 is 0 Å². The Labute approximate surface area is 361 Å². The van der Waals surface area contributed by atoms with Crippen LogP contribution in [0.3, 0.4) is 0 Å². The van der Waals surface area contributed by atoms with Crippen LogP contribution >= 0.6 is 11.3 Å². The van der Waals surface area contributed by atoms with E-state index in [4.69, 9.17) is 4.42 Å². The van der Waals surface area contributed by atoms with Gasteiger partial charge < -0.3 is 13.9 Å². The minimum absolute atomic E-state index is 0.855. The van der Waals surface area contributed by atoms with Gasteiger partial charge >= 0.3 is 0 Å². The van der Waals surface area contributed by atoms with Crippen molar-refractivity contribution in [2.24, 2.45) is 0 Å². The Bertz CT molecular complexity index is 3850. The van der Waals surface area contributed by atoms with Gasteiger partial charge in [0.2, 0.25) is 0 Å². The van der Waals surface area contributed by atoms with Gasteiger partial charge in [0.15, 0.2) is 0 Å². The Balaban J connectivity index is 1.05. The summed E-state index contributed by atoms with van der Waals surface area (Å²) in [5.41, 5.74) is 12.9. The van der Waals surface area contributed by atoms with Crippen molar-refractivity contribution in [2.45, 2.75) is 0 Å². The summed E-state index contributed by atoms with van der Waals surface area (Å²) in [4.78, 5) is 2.42. The van der Waals surface area contributed by atoms with Crippen molar-refractivity contribution in [1.29, 1.82) is 0 Å². The third-order valence-corrected chi connectivity index (χ3v) is 13.7. The zero-order valence-electron chi connectivity index (χ0n) is 33.5. The molecule has 0 aliphatic rings. The van der Waals surface area contributed by atoms with Crippen LogP contribution in [0.15, 0.2) is 223 Å². The quantitative estimate of drug-likeness (QED) is 0.167. The van der Waals surface area contributed by atoms with E-state index in [0.29, 0.717) is 0 Å². The molecule has 0 bridgehead atoms. The van der Waals surface area contributed by atoms with Gasteiger partial charge in [0.05, 0.1) is 27.8 Å². The number of anilines is 3. The van der Waals surface area contributed by atoms with Crippen LogP contribution in [0.4, 0.5) is 17.1 Å². The number of hydrogen-bond donors (Lipinski definition) is 0. The van der Waals surface area contributed by atoms with Crippen LogP contribution in [-0.2, 0) is 0 Å². The third-order valence-electron chi connectivity index (χ3n) is 12.6. The summed E-state index contributed by atoms with van der Waals surface area (Å²) < 4.78 is 12.1. The second-order valence-corrected chi connectivity index (χ2v) is 17.1. The van der Waals surface area contributed by atoms with E-state index in [-0.39, 0.29) is 0 Å². The van der Waals surface area contributed by atoms with Gasteiger partial charge in [-0.05, 0) is 101 Å². The van der Waals surface area contributed by atoms with Crippen molar-refractivity contribution in [3.8, 4) is 27.9 Å². The summed E-state index contributed by atoms with van der Waals surface area (Å²) >= 11 is 1.85. The fraction of sp³-hybridized carbons (Fsp3) is 0. The van der Waals surface area contributed by atoms with Crippen LogP contribution < -0.4 is 4.90 Å². The lowest BCUT2D eigenvalue weighted by atomic mass is 9.97. The number of benzene rings is 10. The summed E-state index contributed by atoms with van der Waals surface area (Å²) in [5.74, 6) is 0. The van der Waals surface area contributed by atoms with Gasteiger partial charge in [0.1, 0.15) is 11.2 Å². The molecule has 62 heavy (non-hydrogen) atoms. The highest BCUT2D eigenvalue weighted by molar-refractivity contribution is 7.25. The molecule has 13 aromatic rings. The molecule has 0 spiro atoms. The van der Waals surface area contributed by atoms with Gasteiger partial charge in [-0.1, -0.05) is 140 Å². The molecule has 0 fully saturated rings. The Morgan fingerprint density at radius 1 is 0.403 bits per heavy atom. The number of para-hydroxylation sites is 4. The zero-order valence-corrected chi connectivity index (χ0v) is 34.3. The lowest BCUT2D eigenvalue weighted by molar-refractivity contribution is 0.670. The lowest BCUT2D eigenvalue weighted by Gasteiger charge is -2.27. The molecule has 0 saturated heterocycles. The van der Waals surface area contributed by atoms with Crippen molar-refractivity contribution < 1.29 is 4.42 Å². The van der Waals surface area contributed by atoms with Gasteiger partial charge in [-0.25, -0.2) is 0 Å². The summed E-state index contributed by atoms with van der Waals surface area (Å²) in [6.45, 7) is 0. The van der Waals surface area contributed by atoms with Crippen LogP contribution in [0.2, 0.25) is 0 Å². The molecule has 0 saturated carbocycles. The molecule has 0 radical (unpaired) electrons. The Morgan fingerprint density at radius 3 is 1.92 bits per heavy atom. The zero-order chi connectivity index (χ0) is 40.7. The minimum Gasteiger partial charge on any atom is -0.455 e. The fourth-order valence-electron chi connectivity index (χ4n) is 9.76. The molecule has 0 aliphatic heterocycles. The molecule has 3 heterocycles. The summed E-state index contributed by atoms with van der Waals surface area (Å²) in [6, 6.07) is 79.2. The largest absolute Gasteiger partial charge is 0.455 e. The first-order valence-corrected chi connectivity index (χ1v) is 21.9. The Morgan fingerprint density at radius 2 is 1.06 bits per heavy atom. The van der Waals surface area contributed by atoms with Gasteiger partial charge in [-0.2, -0.15) is 0 Å². The van der Waals surface area contributed by atoms with Gasteiger partial charge in [-0.3, -0.25) is 0 Å². The number of nitrogens with zero attached hydrogens (tertiary/aromatic N) is 2. The minimum atomic E-state index is 0.855. The number of furan rings is 1. The standard InChI is InChI=1S/C58H36N2OS/c1-2-15-38-34-42(30-28-37(38)14-1)59(41-17-13-16-39(35-41)40-29-33-56-49(36-40)46-21-7-12-27-55(46)62-56)53-32-31-47(58-57(53)48-22-6-11-26-54(48)61-58)45-20-5-10-25-52(45)60-50-23-8-3-18-43(50)44-19-4-9-24-51(44)60/h1-36H. The average Bonchev–Trinajstić information content (AvgIpc) is 4.02. The van der Waals surface area contributed by atoms with E-state index in [1.807, 2.05) is 11.3 Å². The molecule has 3 aromatic heterocycles. The molecular weight excluding hydrogens is 773 g/mol. The Hall–Kier alpha value is -7.92. The van der Waals surface area contributed by atoms with Crippen molar-refractivity contribution >= 4 is 103 Å². The van der Waals surface area contributed by atoms with Crippen molar-refractivity contribution in [3.63, 3.8) is 0 Å². The van der Waals surface area contributed by atoms with E-state index in [0.717, 1.165) is 61.4 Å². The summed E-state index contributed by atoms with van der Waals surface area (Å²) in [7, 11) is 0. The first kappa shape index (κ1) is 34.9. The van der Waals surface area contributed by atoms with Crippen LogP contribution in [-0.4, -0.2) is 4.57 Å². The predicted molar refractivity (Wildman–Crippen MR) is 264 cm³/mol. The normalized spacial score (nSPS) is 11.9. The molecular formula is C58H36N2OS. The molecule has 0 amide bonds. The summed E-state index contributed by atoms with van der Waals surface area (Å²) in [5, 5.41) is 9.60. The molecule has 13 rings (SSSR count). The predicted octanol–water partition coefficient (Wildman–Crippen LogP) is 17.0. The third kappa shape index (κ3) is 5.37. The average molecular weight is 809 g/mol. The van der Waals surface area contributed by atoms with Crippen LogP contribution in [0.1, 0.15) is 0 Å². The monoisotopic (exact) mass is 808 g/mol. The van der Waals surface area contributed by atoms with Gasteiger partial charge in [-0.15, -0.1) is 11.3 Å². The number of aromatic nitrogens is 1. The lowest BCUT2D eigenvalue weighted by Crippen LogP contribution is -2.10. The van der Waals surface area contributed by atoms with E-state index in [1.54, 1.807) is 0 Å². The van der Waals surface area contributed by atoms with Crippen LogP contribution in [0.5, 0.6) is 0 Å². The molecule has 0 aliphatic carbocycles. The molecule has 0 N–H and O–H groups in total. The second kappa shape index (κ2) is 13.8. The maximum Gasteiger partial charge on any atom is 0.145 e. The van der Waals surface area contributed by atoms with Crippen molar-refractivity contribution in [1.82, 2.24) is 4.57 Å². The molecule has 290 valence electrons. The van der Waals surface area contributed by atoms with E-state index < -0.39 is 0 Å². The van der Waals surface area contributed by atoms with Crippen LogP contribution in [0.25, 0.3) is 103 Å². The number of thiophene rings is 1. The molecule has 4 heteroatoms. The molecule has 0 unspecified atom stereocenters. The number of fused-ring (bicyclic) bond motifs is 10. The van der Waals surface area contributed by atoms with Crippen LogP contribution in [0, 0.1) is 0 Å². The molecule has 0 atom stereocenters. The van der Waals surface area contributed by atoms with Gasteiger partial charge in [0, 0.05) is 58.8 Å². The number of rotatable bonds is 6. The SMILES string of the molecule is c1cc(-c2ccc3sc4ccccc4c3c2)cc(N(c2ccc3ccccc3c2)c2ccc(-c3ccccc3-n3c4ccccc4c4ccccc43)c3oc4ccccc4c23)c1.